The van der Waals surface area contributed by atoms with Crippen LogP contribution in [0.3, 0.4) is 0 Å². The molecule has 226 valence electrons. The fourth-order valence-corrected chi connectivity index (χ4v) is 6.24. The average molecular weight is 699 g/mol. The first-order valence-corrected chi connectivity index (χ1v) is 16.5. The Labute approximate surface area is 266 Å². The lowest BCUT2D eigenvalue weighted by atomic mass is 10.1. The van der Waals surface area contributed by atoms with Gasteiger partial charge < -0.3 is 15.0 Å². The molecule has 3 aromatic rings. The van der Waals surface area contributed by atoms with Crippen LogP contribution in [-0.2, 0) is 26.2 Å². The van der Waals surface area contributed by atoms with Gasteiger partial charge in [0.1, 0.15) is 18.3 Å². The first kappa shape index (κ1) is 33.7. The second kappa shape index (κ2) is 15.6. The van der Waals surface area contributed by atoms with Crippen LogP contribution in [0.25, 0.3) is 0 Å². The number of hydrogen-bond donors (Lipinski definition) is 1. The second-order valence-corrected chi connectivity index (χ2v) is 13.1. The normalized spacial score (nSPS) is 12.0. The number of carbonyl (C=O) groups excluding carboxylic acids is 2. The van der Waals surface area contributed by atoms with E-state index >= 15 is 0 Å². The molecule has 0 unspecified atom stereocenters. The van der Waals surface area contributed by atoms with E-state index in [1.54, 1.807) is 61.5 Å². The largest absolute Gasteiger partial charge is 0.494 e. The number of ether oxygens (including phenoxy) is 1. The van der Waals surface area contributed by atoms with E-state index in [2.05, 4.69) is 21.2 Å². The Kier molecular flexibility index (Phi) is 12.5. The third kappa shape index (κ3) is 8.86. The molecule has 0 aliphatic carbocycles. The van der Waals surface area contributed by atoms with Crippen LogP contribution in [0.5, 0.6) is 5.75 Å². The van der Waals surface area contributed by atoms with Crippen LogP contribution < -0.4 is 14.4 Å². The minimum absolute atomic E-state index is 0.00466. The van der Waals surface area contributed by atoms with Crippen molar-refractivity contribution in [3.05, 3.63) is 86.8 Å². The van der Waals surface area contributed by atoms with Gasteiger partial charge in [-0.1, -0.05) is 58.5 Å². The highest BCUT2D eigenvalue weighted by atomic mass is 79.9. The van der Waals surface area contributed by atoms with E-state index in [1.807, 2.05) is 13.8 Å². The zero-order chi connectivity index (χ0) is 30.9. The number of halogens is 3. The van der Waals surface area contributed by atoms with Crippen molar-refractivity contribution >= 4 is 66.7 Å². The van der Waals surface area contributed by atoms with Crippen molar-refractivity contribution < 1.29 is 22.7 Å². The van der Waals surface area contributed by atoms with Crippen LogP contribution in [0.15, 0.2) is 76.1 Å². The molecule has 2 amide bonds. The number of amides is 2. The van der Waals surface area contributed by atoms with Crippen LogP contribution >= 0.6 is 39.1 Å². The lowest BCUT2D eigenvalue weighted by Crippen LogP contribution is -2.51. The molecule has 3 aromatic carbocycles. The predicted molar refractivity (Wildman–Crippen MR) is 171 cm³/mol. The van der Waals surface area contributed by atoms with Crippen molar-refractivity contribution in [3.8, 4) is 5.75 Å². The fraction of sp³-hybridized carbons (Fsp3) is 0.333. The number of anilines is 1. The lowest BCUT2D eigenvalue weighted by Gasteiger charge is -2.32. The third-order valence-corrected chi connectivity index (χ3v) is 9.37. The number of hydrogen-bond acceptors (Lipinski definition) is 5. The zero-order valence-electron chi connectivity index (χ0n) is 23.6. The summed E-state index contributed by atoms with van der Waals surface area (Å²) in [6, 6.07) is 16.5. The summed E-state index contributed by atoms with van der Waals surface area (Å²) in [7, 11) is -4.19. The molecule has 0 saturated carbocycles. The molecule has 12 heteroatoms. The number of nitrogens with zero attached hydrogens (tertiary/aromatic N) is 2. The Morgan fingerprint density at radius 3 is 2.26 bits per heavy atom. The van der Waals surface area contributed by atoms with Crippen molar-refractivity contribution in [2.24, 2.45) is 0 Å². The monoisotopic (exact) mass is 697 g/mol. The summed E-state index contributed by atoms with van der Waals surface area (Å²) < 4.78 is 35.1. The maximum absolute atomic E-state index is 14.0. The fourth-order valence-electron chi connectivity index (χ4n) is 4.09. The van der Waals surface area contributed by atoms with Crippen molar-refractivity contribution in [1.82, 2.24) is 10.2 Å². The summed E-state index contributed by atoms with van der Waals surface area (Å²) in [5, 5.41) is 3.60. The average Bonchev–Trinajstić information content (AvgIpc) is 2.96. The molecule has 8 nitrogen and oxygen atoms in total. The van der Waals surface area contributed by atoms with E-state index < -0.39 is 28.5 Å². The Balaban J connectivity index is 2.03. The third-order valence-electron chi connectivity index (χ3n) is 6.47. The van der Waals surface area contributed by atoms with Crippen molar-refractivity contribution in [2.75, 3.05) is 24.0 Å². The van der Waals surface area contributed by atoms with E-state index in [0.717, 1.165) is 17.1 Å². The van der Waals surface area contributed by atoms with Gasteiger partial charge in [-0.05, 0) is 86.5 Å². The minimum atomic E-state index is -4.19. The molecule has 0 fully saturated rings. The summed E-state index contributed by atoms with van der Waals surface area (Å²) in [4.78, 5) is 28.4. The molecule has 0 aliphatic heterocycles. The number of sulfonamides is 1. The Morgan fingerprint density at radius 2 is 1.67 bits per heavy atom. The van der Waals surface area contributed by atoms with Gasteiger partial charge >= 0.3 is 0 Å². The van der Waals surface area contributed by atoms with E-state index in [9.17, 15) is 18.0 Å². The highest BCUT2D eigenvalue weighted by molar-refractivity contribution is 9.10. The van der Waals surface area contributed by atoms with Gasteiger partial charge in [-0.3, -0.25) is 13.9 Å². The van der Waals surface area contributed by atoms with Gasteiger partial charge in [-0.25, -0.2) is 8.42 Å². The van der Waals surface area contributed by atoms with E-state index in [-0.39, 0.29) is 23.0 Å². The topological polar surface area (TPSA) is 96.0 Å². The SMILES string of the molecule is CCCCNC(=O)[C@H](C)N(Cc1ccc(Cl)cc1Cl)C(=O)CN(c1ccc(OCC)cc1)S(=O)(=O)c1ccc(Br)cc1. The van der Waals surface area contributed by atoms with Crippen LogP contribution in [0, 0.1) is 0 Å². The first-order valence-electron chi connectivity index (χ1n) is 13.5. The van der Waals surface area contributed by atoms with E-state index in [4.69, 9.17) is 27.9 Å². The highest BCUT2D eigenvalue weighted by Gasteiger charge is 2.32. The summed E-state index contributed by atoms with van der Waals surface area (Å²) in [5.41, 5.74) is 0.824. The van der Waals surface area contributed by atoms with Crippen molar-refractivity contribution in [2.45, 2.75) is 51.1 Å². The number of unbranched alkanes of at least 4 members (excludes halogenated alkanes) is 1. The molecule has 0 aromatic heterocycles. The molecule has 3 rings (SSSR count). The standard InChI is InChI=1S/C30H34BrCl2N3O5S/c1-4-6-17-34-30(38)21(3)35(19-22-7-10-24(32)18-28(22)33)29(37)20-36(25-11-13-26(14-12-25)41-5-2)42(39,40)27-15-8-23(31)9-16-27/h7-16,18,21H,4-6,17,19-20H2,1-3H3,(H,34,38)/t21-/m0/s1. The molecular formula is C30H34BrCl2N3O5S. The van der Waals surface area contributed by atoms with Crippen LogP contribution in [0.2, 0.25) is 10.0 Å². The van der Waals surface area contributed by atoms with E-state index in [1.165, 1.54) is 17.0 Å². The molecular weight excluding hydrogens is 665 g/mol. The van der Waals surface area contributed by atoms with Crippen molar-refractivity contribution in [1.29, 1.82) is 0 Å². The van der Waals surface area contributed by atoms with Crippen molar-refractivity contribution in [3.63, 3.8) is 0 Å². The molecule has 0 bridgehead atoms. The zero-order valence-corrected chi connectivity index (χ0v) is 27.6. The Bertz CT molecular complexity index is 1470. The Hall–Kier alpha value is -2.79. The maximum Gasteiger partial charge on any atom is 0.264 e. The van der Waals surface area contributed by atoms with Gasteiger partial charge in [0.2, 0.25) is 11.8 Å². The highest BCUT2D eigenvalue weighted by Crippen LogP contribution is 2.28. The van der Waals surface area contributed by atoms with Crippen LogP contribution in [-0.4, -0.2) is 50.9 Å². The Morgan fingerprint density at radius 1 is 1.00 bits per heavy atom. The maximum atomic E-state index is 14.0. The minimum Gasteiger partial charge on any atom is -0.494 e. The van der Waals surface area contributed by atoms with Crippen LogP contribution in [0.1, 0.15) is 39.2 Å². The van der Waals surface area contributed by atoms with Gasteiger partial charge in [0, 0.05) is 27.6 Å². The second-order valence-electron chi connectivity index (χ2n) is 9.47. The number of nitrogens with one attached hydrogen (secondary N) is 1. The predicted octanol–water partition coefficient (Wildman–Crippen LogP) is 6.68. The van der Waals surface area contributed by atoms with Gasteiger partial charge in [-0.2, -0.15) is 0 Å². The van der Waals surface area contributed by atoms with Gasteiger partial charge in [-0.15, -0.1) is 0 Å². The van der Waals surface area contributed by atoms with Crippen LogP contribution in [0.4, 0.5) is 5.69 Å². The lowest BCUT2D eigenvalue weighted by molar-refractivity contribution is -0.139. The molecule has 0 spiro atoms. The number of carbonyl (C=O) groups is 2. The summed E-state index contributed by atoms with van der Waals surface area (Å²) >= 11 is 15.8. The first-order chi connectivity index (χ1) is 20.0. The van der Waals surface area contributed by atoms with Gasteiger partial charge in [0.15, 0.2) is 0 Å². The molecule has 0 heterocycles. The van der Waals surface area contributed by atoms with Gasteiger partial charge in [0.25, 0.3) is 10.0 Å². The van der Waals surface area contributed by atoms with Gasteiger partial charge in [0.05, 0.1) is 17.2 Å². The number of benzene rings is 3. The quantitative estimate of drug-likeness (QED) is 0.190. The summed E-state index contributed by atoms with van der Waals surface area (Å²) in [6.07, 6.45) is 1.68. The summed E-state index contributed by atoms with van der Waals surface area (Å²) in [6.45, 7) is 5.76. The molecule has 0 aliphatic rings. The molecule has 1 atom stereocenters. The summed E-state index contributed by atoms with van der Waals surface area (Å²) in [5.74, 6) is -0.385. The van der Waals surface area contributed by atoms with E-state index in [0.29, 0.717) is 39.0 Å². The molecule has 0 saturated heterocycles. The molecule has 42 heavy (non-hydrogen) atoms. The molecule has 0 radical (unpaired) electrons. The number of rotatable bonds is 14. The molecule has 1 N–H and O–H groups in total. The smallest absolute Gasteiger partial charge is 0.264 e.